The molecule has 1 aliphatic carbocycles. The van der Waals surface area contributed by atoms with Crippen molar-refractivity contribution in [1.29, 1.82) is 0 Å². The first kappa shape index (κ1) is 17.7. The average molecular weight is 391 g/mol. The summed E-state index contributed by atoms with van der Waals surface area (Å²) in [6.45, 7) is 1.57. The van der Waals surface area contributed by atoms with Crippen LogP contribution in [0.5, 0.6) is 0 Å². The topological polar surface area (TPSA) is 66.5 Å². The van der Waals surface area contributed by atoms with Crippen LogP contribution in [0.2, 0.25) is 0 Å². The van der Waals surface area contributed by atoms with Crippen LogP contribution in [0.4, 0.5) is 0 Å². The molecule has 0 spiro atoms. The number of thiophene rings is 1. The lowest BCUT2D eigenvalue weighted by Gasteiger charge is -2.15. The number of sulfonamides is 1. The Morgan fingerprint density at radius 2 is 1.77 bits per heavy atom. The Morgan fingerprint density at radius 1 is 1.08 bits per heavy atom. The lowest BCUT2D eigenvalue weighted by molar-refractivity contribution is -0.123. The molecule has 0 unspecified atom stereocenters. The van der Waals surface area contributed by atoms with Gasteiger partial charge in [0.15, 0.2) is 0 Å². The number of nitrogens with one attached hydrogen (secondary N) is 1. The van der Waals surface area contributed by atoms with Gasteiger partial charge in [-0.15, -0.1) is 11.3 Å². The summed E-state index contributed by atoms with van der Waals surface area (Å²) < 4.78 is 27.1. The van der Waals surface area contributed by atoms with Crippen molar-refractivity contribution in [2.75, 3.05) is 13.1 Å². The van der Waals surface area contributed by atoms with Crippen molar-refractivity contribution < 1.29 is 13.2 Å². The average Bonchev–Trinajstić information content (AvgIpc) is 3.07. The van der Waals surface area contributed by atoms with E-state index < -0.39 is 15.4 Å². The molecule has 1 amide bonds. The monoisotopic (exact) mass is 390 g/mol. The number of carbonyl (C=O) groups is 1. The molecule has 5 nitrogen and oxygen atoms in total. The molecule has 2 aliphatic rings. The van der Waals surface area contributed by atoms with Crippen LogP contribution in [0.25, 0.3) is 0 Å². The van der Waals surface area contributed by atoms with Gasteiger partial charge in [0.1, 0.15) is 4.21 Å². The van der Waals surface area contributed by atoms with Gasteiger partial charge in [0, 0.05) is 18.0 Å². The van der Waals surface area contributed by atoms with Crippen molar-refractivity contribution in [3.8, 4) is 0 Å². The lowest BCUT2D eigenvalue weighted by Crippen LogP contribution is -2.34. The third kappa shape index (κ3) is 3.19. The van der Waals surface area contributed by atoms with Crippen molar-refractivity contribution >= 4 is 27.3 Å². The molecule has 1 aromatic heterocycles. The fourth-order valence-electron chi connectivity index (χ4n) is 3.51. The minimum Gasteiger partial charge on any atom is -0.350 e. The second-order valence-electron chi connectivity index (χ2n) is 6.96. The van der Waals surface area contributed by atoms with E-state index >= 15 is 0 Å². The Hall–Kier alpha value is -1.70. The summed E-state index contributed by atoms with van der Waals surface area (Å²) in [6, 6.07) is 13.3. The zero-order valence-corrected chi connectivity index (χ0v) is 16.1. The smallest absolute Gasteiger partial charge is 0.252 e. The van der Waals surface area contributed by atoms with Crippen LogP contribution in [-0.4, -0.2) is 31.7 Å². The van der Waals surface area contributed by atoms with Crippen molar-refractivity contribution in [1.82, 2.24) is 9.62 Å². The largest absolute Gasteiger partial charge is 0.350 e. The van der Waals surface area contributed by atoms with Gasteiger partial charge in [-0.1, -0.05) is 30.3 Å². The maximum absolute atomic E-state index is 12.7. The summed E-state index contributed by atoms with van der Waals surface area (Å²) in [4.78, 5) is 13.5. The first-order valence-corrected chi connectivity index (χ1v) is 11.2. The van der Waals surface area contributed by atoms with Crippen LogP contribution >= 0.6 is 11.3 Å². The Balaban J connectivity index is 1.42. The van der Waals surface area contributed by atoms with E-state index in [0.29, 0.717) is 23.8 Å². The van der Waals surface area contributed by atoms with E-state index in [9.17, 15) is 13.2 Å². The molecule has 1 saturated carbocycles. The SMILES string of the molecule is O=C(NCc1ccc(S(=O)(=O)N2CCCC2)s1)C1(c2ccccc2)CC1. The minimum atomic E-state index is -3.38. The Bertz CT molecular complexity index is 896. The highest BCUT2D eigenvalue weighted by Crippen LogP contribution is 2.48. The fraction of sp³-hybridized carbons (Fsp3) is 0.421. The van der Waals surface area contributed by atoms with Crippen molar-refractivity contribution in [3.63, 3.8) is 0 Å². The van der Waals surface area contributed by atoms with Gasteiger partial charge in [-0.25, -0.2) is 8.42 Å². The highest BCUT2D eigenvalue weighted by Gasteiger charge is 2.50. The van der Waals surface area contributed by atoms with Gasteiger partial charge in [0.25, 0.3) is 10.0 Å². The van der Waals surface area contributed by atoms with Gasteiger partial charge in [-0.2, -0.15) is 4.31 Å². The molecule has 2 aromatic rings. The summed E-state index contributed by atoms with van der Waals surface area (Å²) in [5.41, 5.74) is 0.657. The van der Waals surface area contributed by atoms with Gasteiger partial charge in [-0.05, 0) is 43.4 Å². The molecule has 26 heavy (non-hydrogen) atoms. The number of rotatable bonds is 6. The van der Waals surface area contributed by atoms with E-state index in [1.54, 1.807) is 16.4 Å². The molecule has 7 heteroatoms. The molecule has 2 fully saturated rings. The maximum atomic E-state index is 12.7. The van der Waals surface area contributed by atoms with E-state index in [1.165, 1.54) is 11.3 Å². The Labute approximate surface area is 158 Å². The molecule has 0 atom stereocenters. The van der Waals surface area contributed by atoms with Crippen molar-refractivity contribution in [2.45, 2.75) is 41.9 Å². The summed E-state index contributed by atoms with van der Waals surface area (Å²) in [7, 11) is -3.38. The zero-order chi connectivity index (χ0) is 18.2. The molecule has 138 valence electrons. The molecule has 1 aromatic carbocycles. The summed E-state index contributed by atoms with van der Waals surface area (Å²) in [5.74, 6) is 0.0288. The molecule has 2 heterocycles. The van der Waals surface area contributed by atoms with E-state index in [2.05, 4.69) is 5.32 Å². The highest BCUT2D eigenvalue weighted by atomic mass is 32.2. The van der Waals surface area contributed by atoms with Gasteiger partial charge in [-0.3, -0.25) is 4.79 Å². The molecule has 1 aliphatic heterocycles. The first-order valence-electron chi connectivity index (χ1n) is 8.95. The molecule has 0 bridgehead atoms. The van der Waals surface area contributed by atoms with Crippen LogP contribution in [0, 0.1) is 0 Å². The number of carbonyl (C=O) groups excluding carboxylic acids is 1. The van der Waals surface area contributed by atoms with E-state index in [1.807, 2.05) is 30.3 Å². The third-order valence-corrected chi connectivity index (χ3v) is 8.68. The molecular formula is C19H22N2O3S2. The second kappa shape index (κ2) is 6.79. The van der Waals surface area contributed by atoms with E-state index in [0.717, 1.165) is 36.1 Å². The Morgan fingerprint density at radius 3 is 2.42 bits per heavy atom. The number of amides is 1. The number of benzene rings is 1. The number of hydrogen-bond acceptors (Lipinski definition) is 4. The zero-order valence-electron chi connectivity index (χ0n) is 14.5. The molecular weight excluding hydrogens is 368 g/mol. The van der Waals surface area contributed by atoms with E-state index in [-0.39, 0.29) is 5.91 Å². The Kier molecular flexibility index (Phi) is 4.62. The standard InChI is InChI=1S/C19H22N2O3S2/c22-18(19(10-11-19)15-6-2-1-3-7-15)20-14-16-8-9-17(25-16)26(23,24)21-12-4-5-13-21/h1-3,6-9H,4-5,10-14H2,(H,20,22). The maximum Gasteiger partial charge on any atom is 0.252 e. The first-order chi connectivity index (χ1) is 12.5. The predicted octanol–water partition coefficient (Wildman–Crippen LogP) is 2.88. The normalized spacial score (nSPS) is 19.4. The minimum absolute atomic E-state index is 0.0288. The fourth-order valence-corrected chi connectivity index (χ4v) is 6.48. The molecule has 4 rings (SSSR count). The quantitative estimate of drug-likeness (QED) is 0.825. The second-order valence-corrected chi connectivity index (χ2v) is 10.3. The predicted molar refractivity (Wildman–Crippen MR) is 102 cm³/mol. The number of nitrogens with zero attached hydrogens (tertiary/aromatic N) is 1. The highest BCUT2D eigenvalue weighted by molar-refractivity contribution is 7.91. The summed E-state index contributed by atoms with van der Waals surface area (Å²) in [6.07, 6.45) is 3.58. The van der Waals surface area contributed by atoms with E-state index in [4.69, 9.17) is 0 Å². The van der Waals surface area contributed by atoms with Gasteiger partial charge >= 0.3 is 0 Å². The summed E-state index contributed by atoms with van der Waals surface area (Å²) >= 11 is 1.25. The van der Waals surface area contributed by atoms with Gasteiger partial charge < -0.3 is 5.32 Å². The van der Waals surface area contributed by atoms with Crippen molar-refractivity contribution in [3.05, 3.63) is 52.9 Å². The van der Waals surface area contributed by atoms with Crippen LogP contribution in [0.15, 0.2) is 46.7 Å². The molecule has 1 N–H and O–H groups in total. The van der Waals surface area contributed by atoms with Crippen LogP contribution in [0.3, 0.4) is 0 Å². The van der Waals surface area contributed by atoms with Crippen molar-refractivity contribution in [2.24, 2.45) is 0 Å². The summed E-state index contributed by atoms with van der Waals surface area (Å²) in [5, 5.41) is 3.00. The third-order valence-electron chi connectivity index (χ3n) is 5.23. The number of hydrogen-bond donors (Lipinski definition) is 1. The lowest BCUT2D eigenvalue weighted by atomic mass is 9.95. The van der Waals surface area contributed by atoms with Gasteiger partial charge in [0.2, 0.25) is 5.91 Å². The van der Waals surface area contributed by atoms with Gasteiger partial charge in [0.05, 0.1) is 12.0 Å². The molecule has 1 saturated heterocycles. The van der Waals surface area contributed by atoms with Crippen LogP contribution in [-0.2, 0) is 26.8 Å². The van der Waals surface area contributed by atoms with Crippen LogP contribution in [0.1, 0.15) is 36.1 Å². The van der Waals surface area contributed by atoms with Crippen LogP contribution < -0.4 is 5.32 Å². The molecule has 0 radical (unpaired) electrons.